The molecule has 0 unspecified atom stereocenters. The van der Waals surface area contributed by atoms with Crippen LogP contribution in [0.4, 0.5) is 5.69 Å². The molecule has 510 valence electrons. The highest BCUT2D eigenvalue weighted by atomic mass is 16.5. The Labute approximate surface area is 539 Å². The summed E-state index contributed by atoms with van der Waals surface area (Å²) >= 11 is 0. The molecule has 2 aromatic rings. The second kappa shape index (κ2) is 38.6. The number of nitrogens with zero attached hydrogens (tertiary/aromatic N) is 1. The van der Waals surface area contributed by atoms with E-state index in [1.807, 2.05) is 30.3 Å². The molecule has 8 amide bonds. The lowest BCUT2D eigenvalue weighted by atomic mass is 9.83. The Balaban J connectivity index is 1.86. The lowest BCUT2D eigenvalue weighted by molar-refractivity contribution is -0.157. The van der Waals surface area contributed by atoms with Crippen molar-refractivity contribution in [1.29, 1.82) is 0 Å². The summed E-state index contributed by atoms with van der Waals surface area (Å²) in [7, 11) is 1.60. The first kappa shape index (κ1) is 78.1. The molecule has 27 nitrogen and oxygen atoms in total. The number of primary amides is 1. The summed E-state index contributed by atoms with van der Waals surface area (Å²) in [6, 6.07) is 5.25. The zero-order valence-electron chi connectivity index (χ0n) is 55.0. The van der Waals surface area contributed by atoms with Crippen LogP contribution in [0.5, 0.6) is 0 Å². The second-order valence-corrected chi connectivity index (χ2v) is 24.3. The average Bonchev–Trinajstić information content (AvgIpc) is 3.19. The van der Waals surface area contributed by atoms with Crippen LogP contribution < -0.4 is 59.7 Å². The molecule has 92 heavy (non-hydrogen) atoms. The van der Waals surface area contributed by atoms with Gasteiger partial charge in [0.25, 0.3) is 0 Å². The van der Waals surface area contributed by atoms with Crippen molar-refractivity contribution < 1.29 is 72.5 Å². The van der Waals surface area contributed by atoms with Crippen molar-refractivity contribution in [1.82, 2.24) is 42.5 Å². The van der Waals surface area contributed by atoms with E-state index in [1.165, 1.54) is 13.8 Å². The number of likely N-dealkylation sites (N-methyl/N-ethyl adjacent to an activating group) is 1. The summed E-state index contributed by atoms with van der Waals surface area (Å²) in [4.78, 5) is 171. The normalized spacial score (nSPS) is 20.8. The smallest absolute Gasteiger partial charge is 0.329 e. The molecule has 0 saturated carbocycles. The van der Waals surface area contributed by atoms with Gasteiger partial charge in [-0.1, -0.05) is 130 Å². The van der Waals surface area contributed by atoms with Crippen LogP contribution in [-0.4, -0.2) is 161 Å². The number of cyclic esters (lactones) is 1. The van der Waals surface area contributed by atoms with E-state index >= 15 is 0 Å². The van der Waals surface area contributed by atoms with E-state index in [0.29, 0.717) is 43.4 Å². The van der Waals surface area contributed by atoms with Crippen LogP contribution in [0.2, 0.25) is 0 Å². The van der Waals surface area contributed by atoms with Crippen LogP contribution in [0.1, 0.15) is 138 Å². The van der Waals surface area contributed by atoms with E-state index in [0.717, 1.165) is 5.56 Å². The third kappa shape index (κ3) is 24.1. The summed E-state index contributed by atoms with van der Waals surface area (Å²) in [6.07, 6.45) is -2.17. The predicted molar refractivity (Wildman–Crippen MR) is 343 cm³/mol. The fourth-order valence-electron chi connectivity index (χ4n) is 10.4. The van der Waals surface area contributed by atoms with Crippen LogP contribution in [-0.2, 0) is 75.1 Å². The Morgan fingerprint density at radius 3 is 1.78 bits per heavy atom. The van der Waals surface area contributed by atoms with Gasteiger partial charge in [-0.15, -0.1) is 0 Å². The van der Waals surface area contributed by atoms with Gasteiger partial charge >= 0.3 is 5.97 Å². The van der Waals surface area contributed by atoms with Gasteiger partial charge in [0.1, 0.15) is 36.3 Å². The van der Waals surface area contributed by atoms with Gasteiger partial charge in [0.2, 0.25) is 47.3 Å². The fraction of sp³-hybridized carbons (Fsp3) is 0.615. The van der Waals surface area contributed by atoms with Gasteiger partial charge in [0.15, 0.2) is 23.3 Å². The van der Waals surface area contributed by atoms with Gasteiger partial charge < -0.3 is 74.7 Å². The summed E-state index contributed by atoms with van der Waals surface area (Å²) in [5.74, 6) is -15.5. The van der Waals surface area contributed by atoms with E-state index < -0.39 is 205 Å². The lowest BCUT2D eigenvalue weighted by Crippen LogP contribution is -2.59. The first-order valence-corrected chi connectivity index (χ1v) is 31.8. The summed E-state index contributed by atoms with van der Waals surface area (Å²) in [6.45, 7) is 14.8. The lowest BCUT2D eigenvalue weighted by Gasteiger charge is -2.31. The van der Waals surface area contributed by atoms with Crippen LogP contribution in [0.15, 0.2) is 59.6 Å². The Morgan fingerprint density at radius 2 is 1.23 bits per heavy atom. The van der Waals surface area contributed by atoms with E-state index in [1.54, 1.807) is 86.7 Å². The molecule has 0 radical (unpaired) electrons. The quantitative estimate of drug-likeness (QED) is 0.0254. The molecule has 0 aromatic heterocycles. The molecule has 3 rings (SSSR count). The number of ether oxygens (including phenoxy) is 1. The molecule has 0 spiro atoms. The number of carbonyl (C=O) groups is 12. The maximum absolute atomic E-state index is 14.5. The van der Waals surface area contributed by atoms with Crippen molar-refractivity contribution in [3.63, 3.8) is 0 Å². The third-order valence-corrected chi connectivity index (χ3v) is 17.3. The molecule has 1 aliphatic heterocycles. The number of rotatable bonds is 35. The van der Waals surface area contributed by atoms with Crippen molar-refractivity contribution in [2.75, 3.05) is 20.3 Å². The summed E-state index contributed by atoms with van der Waals surface area (Å²) in [5, 5.41) is 42.6. The van der Waals surface area contributed by atoms with Gasteiger partial charge in [0.05, 0.1) is 42.9 Å². The minimum absolute atomic E-state index is 0.0441. The molecule has 1 aliphatic rings. The number of benzene rings is 2. The minimum Gasteiger partial charge on any atom is -0.458 e. The molecule has 27 heteroatoms. The van der Waals surface area contributed by atoms with Crippen LogP contribution in [0.3, 0.4) is 0 Å². The molecule has 16 atom stereocenters. The number of esters is 1. The van der Waals surface area contributed by atoms with Crippen molar-refractivity contribution >= 4 is 82.2 Å². The van der Waals surface area contributed by atoms with Crippen molar-refractivity contribution in [3.8, 4) is 0 Å². The number of Topliss-reactive ketones (excluding diaryl/α,β-unsaturated/α-hetero) is 3. The average molecular weight is 1290 g/mol. The van der Waals surface area contributed by atoms with E-state index in [4.69, 9.17) is 21.9 Å². The molecule has 1 saturated heterocycles. The number of nitrogens with one attached hydrogen (secondary N) is 8. The van der Waals surface area contributed by atoms with Crippen molar-refractivity contribution in [2.45, 2.75) is 194 Å². The Morgan fingerprint density at radius 1 is 0.641 bits per heavy atom. The van der Waals surface area contributed by atoms with E-state index in [2.05, 4.69) is 47.5 Å². The number of aliphatic imine (C=N–C) groups is 1. The van der Waals surface area contributed by atoms with Gasteiger partial charge in [-0.2, -0.15) is 0 Å². The molecule has 0 bridgehead atoms. The van der Waals surface area contributed by atoms with Gasteiger partial charge in [0, 0.05) is 43.9 Å². The molecule has 16 N–H and O–H groups in total. The summed E-state index contributed by atoms with van der Waals surface area (Å²) in [5.41, 5.74) is 18.4. The number of hydrogen-bond donors (Lipinski definition) is 13. The number of carbonyl (C=O) groups excluding carboxylic acids is 12. The molecule has 1 fully saturated rings. The SMILES string of the molecule is CC[C@H](C)[C@H](NC(=O)[C@H](CC(=O)[C@@H](CCC(N)=O)NC(=O)[C@H](CO)NC(=O)[C@@H](NC(=O)[C@@H](Cc1ccccc1)NC)[C@@H](C)CC)[C@@H](C)CC)C(=O)C[C@@H](CO)C(=O)N[C@H]1C(=O)C[C@@H](C)C(=O)N[C@@H](Cc2ccc(N=C(N)N)cc2)C(=O)N[C@@H]([C@@H](C)CC)C(=O)O[C@H]1C. The standard InChI is InChI=1S/C65H100N12O15/c1-12-34(5)44(31-49(80)45(25-26-52(66)83)71-62(89)48(33-79)73-63(90)54(36(7)14-3)75-60(87)46(69-11)28-40-19-17-16-18-20-40)59(86)74-53(35(6)13-2)51(82)30-42(32-78)58(85)77-56-39(10)92-64(91)55(37(8)15-4)76-61(88)47(72-57(84)38(9)27-50(56)81)29-41-21-23-43(24-22-41)70-65(67)68/h16-24,34-39,42,44-48,53-56,69,78-79H,12-15,25-33H2,1-11H3,(H2,66,83)(H,71,89)(H,72,84)(H,73,90)(H,74,86)(H,75,87)(H,76,88)(H,77,85)(H4,67,68,70)/t34-,35-,36-,37-,38+,39-,42-,44+,45+,46+,47-,48-,53-,54-,55-,56+/m0/s1. The second-order valence-electron chi connectivity index (χ2n) is 24.3. The minimum atomic E-state index is -1.65. The maximum atomic E-state index is 14.5. The number of aliphatic hydroxyl groups is 2. The summed E-state index contributed by atoms with van der Waals surface area (Å²) < 4.78 is 5.82. The Kier molecular flexibility index (Phi) is 32.8. The third-order valence-electron chi connectivity index (χ3n) is 17.3. The molecular formula is C65H100N12O15. The predicted octanol–water partition coefficient (Wildman–Crippen LogP) is 0.484. The number of nitrogens with two attached hydrogens (primary N) is 3. The number of aliphatic hydroxyl groups excluding tert-OH is 2. The highest BCUT2D eigenvalue weighted by Crippen LogP contribution is 2.25. The van der Waals surface area contributed by atoms with Crippen LogP contribution >= 0.6 is 0 Å². The largest absolute Gasteiger partial charge is 0.458 e. The maximum Gasteiger partial charge on any atom is 0.329 e. The Hall–Kier alpha value is -8.17. The topological polar surface area (TPSA) is 441 Å². The first-order chi connectivity index (χ1) is 43.5. The number of guanidine groups is 1. The number of ketones is 3. The first-order valence-electron chi connectivity index (χ1n) is 31.8. The van der Waals surface area contributed by atoms with Gasteiger partial charge in [-0.25, -0.2) is 9.79 Å². The molecule has 1 heterocycles. The highest BCUT2D eigenvalue weighted by molar-refractivity contribution is 5.99. The number of hydrogen-bond acceptors (Lipinski definition) is 17. The monoisotopic (exact) mass is 1290 g/mol. The zero-order valence-corrected chi connectivity index (χ0v) is 55.0. The van der Waals surface area contributed by atoms with Gasteiger partial charge in [-0.3, -0.25) is 52.7 Å². The van der Waals surface area contributed by atoms with Crippen molar-refractivity contribution in [2.24, 2.45) is 63.6 Å². The Bertz CT molecular complexity index is 2870. The van der Waals surface area contributed by atoms with Gasteiger partial charge in [-0.05, 0) is 73.7 Å². The van der Waals surface area contributed by atoms with E-state index in [-0.39, 0.29) is 18.8 Å². The molecule has 2 aromatic carbocycles. The zero-order chi connectivity index (χ0) is 69.1. The molecular weight excluding hydrogens is 1190 g/mol. The van der Waals surface area contributed by atoms with Crippen LogP contribution in [0.25, 0.3) is 0 Å². The van der Waals surface area contributed by atoms with Crippen LogP contribution in [0, 0.1) is 41.4 Å². The number of amides is 8. The van der Waals surface area contributed by atoms with E-state index in [9.17, 15) is 67.7 Å². The fourth-order valence-corrected chi connectivity index (χ4v) is 10.4. The highest BCUT2D eigenvalue weighted by Gasteiger charge is 2.41. The molecule has 0 aliphatic carbocycles. The van der Waals surface area contributed by atoms with Crippen molar-refractivity contribution in [3.05, 3.63) is 65.7 Å².